The number of hydrogen-bond donors (Lipinski definition) is 1. The number of fused-ring (bicyclic) bond motifs is 1. The van der Waals surface area contributed by atoms with Crippen molar-refractivity contribution >= 4 is 29.1 Å². The van der Waals surface area contributed by atoms with Gasteiger partial charge < -0.3 is 15.1 Å². The van der Waals surface area contributed by atoms with Crippen molar-refractivity contribution in [3.8, 4) is 0 Å². The lowest BCUT2D eigenvalue weighted by molar-refractivity contribution is -0.119. The number of nitrogens with one attached hydrogen (secondary N) is 1. The summed E-state index contributed by atoms with van der Waals surface area (Å²) in [5, 5.41) is 2.79. The summed E-state index contributed by atoms with van der Waals surface area (Å²) in [4.78, 5) is 40.2. The predicted molar refractivity (Wildman–Crippen MR) is 100.0 cm³/mol. The Bertz CT molecular complexity index is 900. The topological polar surface area (TPSA) is 69.7 Å². The third-order valence-corrected chi connectivity index (χ3v) is 4.42. The van der Waals surface area contributed by atoms with Crippen LogP contribution in [-0.4, -0.2) is 42.3 Å². The van der Waals surface area contributed by atoms with E-state index in [-0.39, 0.29) is 36.4 Å². The van der Waals surface area contributed by atoms with E-state index in [1.807, 2.05) is 0 Å². The van der Waals surface area contributed by atoms with Crippen LogP contribution in [0.25, 0.3) is 0 Å². The molecule has 0 saturated carbocycles. The Hall–Kier alpha value is -3.22. The number of nitrogens with zero attached hydrogens (tertiary/aromatic N) is 2. The van der Waals surface area contributed by atoms with Crippen LogP contribution in [0.1, 0.15) is 23.7 Å². The quantitative estimate of drug-likeness (QED) is 0.904. The molecule has 0 saturated heterocycles. The van der Waals surface area contributed by atoms with Gasteiger partial charge in [-0.2, -0.15) is 0 Å². The Morgan fingerprint density at radius 1 is 1.22 bits per heavy atom. The molecule has 0 bridgehead atoms. The average molecular weight is 369 g/mol. The summed E-state index contributed by atoms with van der Waals surface area (Å²) in [6.07, 6.45) is 0.155. The Morgan fingerprint density at radius 2 is 1.96 bits per heavy atom. The zero-order chi connectivity index (χ0) is 19.6. The highest BCUT2D eigenvalue weighted by atomic mass is 19.1. The molecule has 2 aromatic carbocycles. The highest BCUT2D eigenvalue weighted by Crippen LogP contribution is 2.31. The molecule has 27 heavy (non-hydrogen) atoms. The maximum Gasteiger partial charge on any atom is 0.254 e. The Kier molecular flexibility index (Phi) is 5.21. The summed E-state index contributed by atoms with van der Waals surface area (Å²) in [6, 6.07) is 12.0. The van der Waals surface area contributed by atoms with Crippen LogP contribution in [-0.2, 0) is 9.59 Å². The van der Waals surface area contributed by atoms with Gasteiger partial charge in [-0.05, 0) is 37.3 Å². The van der Waals surface area contributed by atoms with E-state index in [0.29, 0.717) is 11.4 Å². The minimum atomic E-state index is -0.514. The van der Waals surface area contributed by atoms with Crippen LogP contribution in [0.3, 0.4) is 0 Å². The van der Waals surface area contributed by atoms with Crippen LogP contribution in [0.5, 0.6) is 0 Å². The maximum atomic E-state index is 13.4. The third-order valence-electron chi connectivity index (χ3n) is 4.42. The second kappa shape index (κ2) is 7.57. The lowest BCUT2D eigenvalue weighted by Gasteiger charge is -2.29. The van der Waals surface area contributed by atoms with Crippen molar-refractivity contribution in [2.24, 2.45) is 0 Å². The number of halogens is 1. The molecule has 2 aromatic rings. The molecule has 1 N–H and O–H groups in total. The second-order valence-electron chi connectivity index (χ2n) is 6.55. The average Bonchev–Trinajstić information content (AvgIpc) is 2.75. The fourth-order valence-corrected chi connectivity index (χ4v) is 3.16. The molecule has 7 heteroatoms. The second-order valence-corrected chi connectivity index (χ2v) is 6.55. The first kappa shape index (κ1) is 18.6. The van der Waals surface area contributed by atoms with Crippen LogP contribution in [0, 0.1) is 5.82 Å². The molecular weight excluding hydrogens is 349 g/mol. The van der Waals surface area contributed by atoms with E-state index in [0.717, 1.165) is 6.07 Å². The molecule has 1 heterocycles. The largest absolute Gasteiger partial charge is 0.332 e. The Labute approximate surface area is 156 Å². The van der Waals surface area contributed by atoms with Gasteiger partial charge in [0, 0.05) is 25.1 Å². The van der Waals surface area contributed by atoms with E-state index in [9.17, 15) is 18.8 Å². The summed E-state index contributed by atoms with van der Waals surface area (Å²) in [6.45, 7) is 1.59. The van der Waals surface area contributed by atoms with E-state index in [4.69, 9.17) is 0 Å². The monoisotopic (exact) mass is 369 g/mol. The summed E-state index contributed by atoms with van der Waals surface area (Å²) in [5.74, 6) is -1.46. The zero-order valence-corrected chi connectivity index (χ0v) is 15.1. The fraction of sp³-hybridized carbons (Fsp3) is 0.250. The fourth-order valence-electron chi connectivity index (χ4n) is 3.16. The van der Waals surface area contributed by atoms with Gasteiger partial charge in [-0.25, -0.2) is 4.39 Å². The van der Waals surface area contributed by atoms with E-state index < -0.39 is 11.7 Å². The van der Waals surface area contributed by atoms with Crippen LogP contribution >= 0.6 is 0 Å². The number of para-hydroxylation sites is 2. The first-order valence-corrected chi connectivity index (χ1v) is 8.59. The zero-order valence-electron chi connectivity index (χ0n) is 15.1. The predicted octanol–water partition coefficient (Wildman–Crippen LogP) is 2.66. The minimum Gasteiger partial charge on any atom is -0.332 e. The third kappa shape index (κ3) is 3.97. The van der Waals surface area contributed by atoms with Gasteiger partial charge in [-0.1, -0.05) is 18.2 Å². The first-order valence-electron chi connectivity index (χ1n) is 8.59. The number of amides is 3. The van der Waals surface area contributed by atoms with Gasteiger partial charge in [-0.3, -0.25) is 14.4 Å². The number of anilines is 2. The van der Waals surface area contributed by atoms with Crippen molar-refractivity contribution in [2.45, 2.75) is 19.4 Å². The number of carbonyl (C=O) groups is 3. The Balaban J connectivity index is 1.82. The number of hydrogen-bond acceptors (Lipinski definition) is 3. The SMILES string of the molecule is CC1CC(=O)Nc2ccccc2N1C(=O)CN(C)C(=O)c1cccc(F)c1. The van der Waals surface area contributed by atoms with Gasteiger partial charge in [0.1, 0.15) is 12.4 Å². The van der Waals surface area contributed by atoms with Crippen molar-refractivity contribution in [1.29, 1.82) is 0 Å². The maximum absolute atomic E-state index is 13.4. The van der Waals surface area contributed by atoms with Crippen molar-refractivity contribution in [2.75, 3.05) is 23.8 Å². The van der Waals surface area contributed by atoms with E-state index in [1.165, 1.54) is 35.0 Å². The lowest BCUT2D eigenvalue weighted by Crippen LogP contribution is -2.45. The van der Waals surface area contributed by atoms with Gasteiger partial charge in [0.25, 0.3) is 5.91 Å². The van der Waals surface area contributed by atoms with E-state index >= 15 is 0 Å². The summed E-state index contributed by atoms with van der Waals surface area (Å²) in [5.41, 5.74) is 1.32. The van der Waals surface area contributed by atoms with Gasteiger partial charge in [0.05, 0.1) is 11.4 Å². The van der Waals surface area contributed by atoms with Gasteiger partial charge in [0.2, 0.25) is 11.8 Å². The van der Waals surface area contributed by atoms with Gasteiger partial charge in [-0.15, -0.1) is 0 Å². The smallest absolute Gasteiger partial charge is 0.254 e. The lowest BCUT2D eigenvalue weighted by atomic mass is 10.1. The standard InChI is InChI=1S/C20H20FN3O3/c1-13-10-18(25)22-16-8-3-4-9-17(16)24(13)19(26)12-23(2)20(27)14-6-5-7-15(21)11-14/h3-9,11,13H,10,12H2,1-2H3,(H,22,25). The normalized spacial score (nSPS) is 16.2. The highest BCUT2D eigenvalue weighted by molar-refractivity contribution is 6.06. The molecule has 1 aliphatic rings. The van der Waals surface area contributed by atoms with Crippen LogP contribution in [0.15, 0.2) is 48.5 Å². The van der Waals surface area contributed by atoms with Crippen molar-refractivity contribution in [3.05, 3.63) is 59.9 Å². The van der Waals surface area contributed by atoms with E-state index in [2.05, 4.69) is 5.32 Å². The summed E-state index contributed by atoms with van der Waals surface area (Å²) >= 11 is 0. The molecule has 3 rings (SSSR count). The summed E-state index contributed by atoms with van der Waals surface area (Å²) < 4.78 is 13.4. The highest BCUT2D eigenvalue weighted by Gasteiger charge is 2.30. The number of benzene rings is 2. The molecule has 0 fully saturated rings. The summed E-state index contributed by atoms with van der Waals surface area (Å²) in [7, 11) is 1.49. The number of carbonyl (C=O) groups excluding carboxylic acids is 3. The number of rotatable bonds is 3. The molecule has 3 amide bonds. The molecule has 0 aromatic heterocycles. The molecule has 1 atom stereocenters. The molecule has 0 spiro atoms. The number of likely N-dealkylation sites (N-methyl/N-ethyl adjacent to an activating group) is 1. The van der Waals surface area contributed by atoms with Crippen LogP contribution < -0.4 is 10.2 Å². The molecule has 0 aliphatic carbocycles. The van der Waals surface area contributed by atoms with Gasteiger partial charge >= 0.3 is 0 Å². The minimum absolute atomic E-state index is 0.155. The van der Waals surface area contributed by atoms with Crippen LogP contribution in [0.2, 0.25) is 0 Å². The first-order chi connectivity index (χ1) is 12.9. The van der Waals surface area contributed by atoms with Crippen LogP contribution in [0.4, 0.5) is 15.8 Å². The molecular formula is C20H20FN3O3. The van der Waals surface area contributed by atoms with E-state index in [1.54, 1.807) is 31.2 Å². The molecule has 0 radical (unpaired) electrons. The molecule has 1 aliphatic heterocycles. The molecule has 1 unspecified atom stereocenters. The van der Waals surface area contributed by atoms with Crippen molar-refractivity contribution in [1.82, 2.24) is 4.90 Å². The molecule has 6 nitrogen and oxygen atoms in total. The Morgan fingerprint density at radius 3 is 2.70 bits per heavy atom. The van der Waals surface area contributed by atoms with Crippen molar-refractivity contribution in [3.63, 3.8) is 0 Å². The van der Waals surface area contributed by atoms with Crippen molar-refractivity contribution < 1.29 is 18.8 Å². The van der Waals surface area contributed by atoms with Gasteiger partial charge in [0.15, 0.2) is 0 Å². The molecule has 140 valence electrons.